The Morgan fingerprint density at radius 3 is 2.95 bits per heavy atom. The summed E-state index contributed by atoms with van der Waals surface area (Å²) >= 11 is 0. The van der Waals surface area contributed by atoms with Crippen LogP contribution in [0.4, 0.5) is 0 Å². The highest BCUT2D eigenvalue weighted by atomic mass is 16.3. The summed E-state index contributed by atoms with van der Waals surface area (Å²) in [7, 11) is 0. The SMILES string of the molecule is CCN(C(=O)CNC(C)CCc1ccco1)C1CC1. The van der Waals surface area contributed by atoms with Gasteiger partial charge in [0.1, 0.15) is 5.76 Å². The molecule has 106 valence electrons. The molecule has 0 aromatic carbocycles. The average molecular weight is 264 g/mol. The Kier molecular flexibility index (Phi) is 5.02. The monoisotopic (exact) mass is 264 g/mol. The van der Waals surface area contributed by atoms with Crippen LogP contribution in [0, 0.1) is 0 Å². The largest absolute Gasteiger partial charge is 0.469 e. The Hall–Kier alpha value is -1.29. The number of hydrogen-bond donors (Lipinski definition) is 1. The van der Waals surface area contributed by atoms with Crippen LogP contribution in [0.25, 0.3) is 0 Å². The van der Waals surface area contributed by atoms with Crippen molar-refractivity contribution in [3.05, 3.63) is 24.2 Å². The third kappa shape index (κ3) is 4.39. The van der Waals surface area contributed by atoms with Gasteiger partial charge in [0, 0.05) is 25.0 Å². The van der Waals surface area contributed by atoms with Crippen LogP contribution in [0.1, 0.15) is 38.9 Å². The van der Waals surface area contributed by atoms with Gasteiger partial charge in [0.15, 0.2) is 0 Å². The number of furan rings is 1. The van der Waals surface area contributed by atoms with Gasteiger partial charge in [-0.25, -0.2) is 0 Å². The molecule has 0 aliphatic heterocycles. The Bertz CT molecular complexity index is 385. The standard InChI is InChI=1S/C15H24N2O2/c1-3-17(13-7-8-13)15(18)11-16-12(2)6-9-14-5-4-10-19-14/h4-5,10,12-13,16H,3,6-9,11H2,1-2H3. The summed E-state index contributed by atoms with van der Waals surface area (Å²) in [6.07, 6.45) is 5.94. The van der Waals surface area contributed by atoms with Crippen molar-refractivity contribution in [2.45, 2.75) is 51.6 Å². The molecule has 4 heteroatoms. The van der Waals surface area contributed by atoms with E-state index in [9.17, 15) is 4.79 Å². The highest BCUT2D eigenvalue weighted by Gasteiger charge is 2.30. The van der Waals surface area contributed by atoms with Gasteiger partial charge in [-0.05, 0) is 45.2 Å². The smallest absolute Gasteiger partial charge is 0.236 e. The molecule has 4 nitrogen and oxygen atoms in total. The molecule has 0 saturated heterocycles. The first kappa shape index (κ1) is 14.1. The lowest BCUT2D eigenvalue weighted by Crippen LogP contribution is -2.42. The zero-order valence-electron chi connectivity index (χ0n) is 11.9. The van der Waals surface area contributed by atoms with Crippen molar-refractivity contribution in [2.75, 3.05) is 13.1 Å². The van der Waals surface area contributed by atoms with Gasteiger partial charge in [-0.15, -0.1) is 0 Å². The van der Waals surface area contributed by atoms with Crippen molar-refractivity contribution in [2.24, 2.45) is 0 Å². The summed E-state index contributed by atoms with van der Waals surface area (Å²) < 4.78 is 5.30. The minimum Gasteiger partial charge on any atom is -0.469 e. The van der Waals surface area contributed by atoms with Crippen LogP contribution >= 0.6 is 0 Å². The van der Waals surface area contributed by atoms with Crippen LogP contribution < -0.4 is 5.32 Å². The lowest BCUT2D eigenvalue weighted by Gasteiger charge is -2.22. The normalized spacial score (nSPS) is 16.3. The summed E-state index contributed by atoms with van der Waals surface area (Å²) in [5.41, 5.74) is 0. The number of carbonyl (C=O) groups is 1. The molecular formula is C15H24N2O2. The van der Waals surface area contributed by atoms with E-state index in [1.165, 1.54) is 12.8 Å². The van der Waals surface area contributed by atoms with E-state index < -0.39 is 0 Å². The van der Waals surface area contributed by atoms with Gasteiger partial charge in [0.2, 0.25) is 5.91 Å². The first-order valence-electron chi connectivity index (χ1n) is 7.26. The molecule has 1 atom stereocenters. The Labute approximate surface area is 115 Å². The summed E-state index contributed by atoms with van der Waals surface area (Å²) in [6, 6.07) is 4.74. The van der Waals surface area contributed by atoms with Crippen molar-refractivity contribution in [3.63, 3.8) is 0 Å². The maximum Gasteiger partial charge on any atom is 0.236 e. The van der Waals surface area contributed by atoms with Crippen LogP contribution in [-0.2, 0) is 11.2 Å². The predicted octanol–water partition coefficient (Wildman–Crippen LogP) is 2.20. The van der Waals surface area contributed by atoms with Gasteiger partial charge >= 0.3 is 0 Å². The van der Waals surface area contributed by atoms with E-state index in [1.54, 1.807) is 6.26 Å². The molecule has 1 heterocycles. The molecule has 1 aromatic heterocycles. The highest BCUT2D eigenvalue weighted by molar-refractivity contribution is 5.78. The van der Waals surface area contributed by atoms with Crippen molar-refractivity contribution >= 4 is 5.91 Å². The fourth-order valence-electron chi connectivity index (χ4n) is 2.30. The quantitative estimate of drug-likeness (QED) is 0.783. The molecule has 1 aliphatic rings. The molecule has 2 rings (SSSR count). The lowest BCUT2D eigenvalue weighted by atomic mass is 10.1. The zero-order valence-corrected chi connectivity index (χ0v) is 11.9. The van der Waals surface area contributed by atoms with Crippen LogP contribution in [-0.4, -0.2) is 36.0 Å². The van der Waals surface area contributed by atoms with E-state index in [-0.39, 0.29) is 5.91 Å². The number of nitrogens with one attached hydrogen (secondary N) is 1. The number of rotatable bonds is 8. The molecule has 0 spiro atoms. The molecule has 1 fully saturated rings. The fourth-order valence-corrected chi connectivity index (χ4v) is 2.30. The maximum atomic E-state index is 12.0. The van der Waals surface area contributed by atoms with E-state index in [0.29, 0.717) is 18.6 Å². The van der Waals surface area contributed by atoms with Crippen molar-refractivity contribution in [1.82, 2.24) is 10.2 Å². The molecule has 1 unspecified atom stereocenters. The predicted molar refractivity (Wildman–Crippen MR) is 74.9 cm³/mol. The number of nitrogens with zero attached hydrogens (tertiary/aromatic N) is 1. The number of aryl methyl sites for hydroxylation is 1. The van der Waals surface area contributed by atoms with E-state index in [1.807, 2.05) is 17.0 Å². The molecule has 1 N–H and O–H groups in total. The Morgan fingerprint density at radius 1 is 1.58 bits per heavy atom. The van der Waals surface area contributed by atoms with Gasteiger partial charge in [-0.3, -0.25) is 4.79 Å². The first-order chi connectivity index (χ1) is 9.20. The van der Waals surface area contributed by atoms with Gasteiger partial charge in [0.25, 0.3) is 0 Å². The maximum absolute atomic E-state index is 12.0. The second-order valence-electron chi connectivity index (χ2n) is 5.31. The molecule has 1 amide bonds. The van der Waals surface area contributed by atoms with E-state index in [4.69, 9.17) is 4.42 Å². The molecular weight excluding hydrogens is 240 g/mol. The molecule has 1 saturated carbocycles. The molecule has 0 bridgehead atoms. The van der Waals surface area contributed by atoms with Crippen LogP contribution in [0.5, 0.6) is 0 Å². The van der Waals surface area contributed by atoms with Gasteiger partial charge in [0.05, 0.1) is 12.8 Å². The third-order valence-electron chi connectivity index (χ3n) is 3.65. The second-order valence-corrected chi connectivity index (χ2v) is 5.31. The lowest BCUT2D eigenvalue weighted by molar-refractivity contribution is -0.130. The molecule has 1 aliphatic carbocycles. The van der Waals surface area contributed by atoms with Crippen molar-refractivity contribution < 1.29 is 9.21 Å². The van der Waals surface area contributed by atoms with Crippen LogP contribution in [0.2, 0.25) is 0 Å². The highest BCUT2D eigenvalue weighted by Crippen LogP contribution is 2.26. The number of likely N-dealkylation sites (N-methyl/N-ethyl adjacent to an activating group) is 1. The Balaban J connectivity index is 1.65. The fraction of sp³-hybridized carbons (Fsp3) is 0.667. The van der Waals surface area contributed by atoms with E-state index in [2.05, 4.69) is 19.2 Å². The van der Waals surface area contributed by atoms with Gasteiger partial charge in [-0.2, -0.15) is 0 Å². The van der Waals surface area contributed by atoms with Gasteiger partial charge < -0.3 is 14.6 Å². The first-order valence-corrected chi connectivity index (χ1v) is 7.26. The third-order valence-corrected chi connectivity index (χ3v) is 3.65. The minimum atomic E-state index is 0.231. The Morgan fingerprint density at radius 2 is 2.37 bits per heavy atom. The summed E-state index contributed by atoms with van der Waals surface area (Å²) in [5.74, 6) is 1.24. The number of amides is 1. The zero-order chi connectivity index (χ0) is 13.7. The summed E-state index contributed by atoms with van der Waals surface area (Å²) in [5, 5.41) is 3.31. The summed E-state index contributed by atoms with van der Waals surface area (Å²) in [6.45, 7) is 5.44. The topological polar surface area (TPSA) is 45.5 Å². The average Bonchev–Trinajstić information content (AvgIpc) is 3.09. The van der Waals surface area contributed by atoms with Crippen molar-refractivity contribution in [3.8, 4) is 0 Å². The van der Waals surface area contributed by atoms with Crippen LogP contribution in [0.15, 0.2) is 22.8 Å². The molecule has 0 radical (unpaired) electrons. The van der Waals surface area contributed by atoms with E-state index in [0.717, 1.165) is 25.1 Å². The second kappa shape index (κ2) is 6.75. The van der Waals surface area contributed by atoms with Crippen LogP contribution in [0.3, 0.4) is 0 Å². The van der Waals surface area contributed by atoms with Crippen molar-refractivity contribution in [1.29, 1.82) is 0 Å². The summed E-state index contributed by atoms with van der Waals surface area (Å²) in [4.78, 5) is 14.0. The molecule has 1 aromatic rings. The van der Waals surface area contributed by atoms with Gasteiger partial charge in [-0.1, -0.05) is 0 Å². The van der Waals surface area contributed by atoms with E-state index >= 15 is 0 Å². The minimum absolute atomic E-state index is 0.231. The number of carbonyl (C=O) groups excluding carboxylic acids is 1. The molecule has 19 heavy (non-hydrogen) atoms. The number of hydrogen-bond acceptors (Lipinski definition) is 3.